The Hall–Kier alpha value is -1.32. The van der Waals surface area contributed by atoms with Crippen molar-refractivity contribution in [1.29, 1.82) is 0 Å². The molecule has 0 aliphatic heterocycles. The fraction of sp³-hybridized carbons (Fsp3) is 0.500. The van der Waals surface area contributed by atoms with E-state index in [0.29, 0.717) is 6.61 Å². The number of aryl methyl sites for hydroxylation is 1. The Morgan fingerprint density at radius 2 is 2.05 bits per heavy atom. The summed E-state index contributed by atoms with van der Waals surface area (Å²) in [6.07, 6.45) is 0.0895. The van der Waals surface area contributed by atoms with Crippen molar-refractivity contribution in [3.8, 4) is 0 Å². The van der Waals surface area contributed by atoms with Crippen molar-refractivity contribution < 1.29 is 9.15 Å². The van der Waals surface area contributed by atoms with Crippen LogP contribution in [0.15, 0.2) is 28.7 Å². The summed E-state index contributed by atoms with van der Waals surface area (Å²) < 4.78 is 11.7. The zero-order valence-electron chi connectivity index (χ0n) is 12.2. The number of furan rings is 1. The van der Waals surface area contributed by atoms with Gasteiger partial charge < -0.3 is 14.5 Å². The van der Waals surface area contributed by atoms with E-state index in [4.69, 9.17) is 9.15 Å². The topological polar surface area (TPSA) is 34.4 Å². The minimum Gasteiger partial charge on any atom is -0.459 e. The van der Waals surface area contributed by atoms with Crippen LogP contribution in [0.2, 0.25) is 0 Å². The molecule has 1 aromatic heterocycles. The van der Waals surface area contributed by atoms with Crippen LogP contribution in [-0.2, 0) is 4.74 Å². The highest BCUT2D eigenvalue weighted by Crippen LogP contribution is 2.27. The summed E-state index contributed by atoms with van der Waals surface area (Å²) in [6, 6.07) is 8.46. The van der Waals surface area contributed by atoms with Crippen LogP contribution in [0.25, 0.3) is 11.0 Å². The van der Waals surface area contributed by atoms with Crippen LogP contribution in [0.1, 0.15) is 38.1 Å². The third-order valence-electron chi connectivity index (χ3n) is 3.32. The van der Waals surface area contributed by atoms with Crippen molar-refractivity contribution in [3.63, 3.8) is 0 Å². The lowest BCUT2D eigenvalue weighted by atomic mass is 10.1. The first-order valence-electron chi connectivity index (χ1n) is 7.00. The Labute approximate surface area is 114 Å². The highest BCUT2D eigenvalue weighted by Gasteiger charge is 2.22. The van der Waals surface area contributed by atoms with Crippen molar-refractivity contribution >= 4 is 11.0 Å². The molecule has 1 N–H and O–H groups in total. The smallest absolute Gasteiger partial charge is 0.134 e. The lowest BCUT2D eigenvalue weighted by molar-refractivity contribution is 0.0423. The predicted molar refractivity (Wildman–Crippen MR) is 78.5 cm³/mol. The number of ether oxygens (including phenoxy) is 1. The second kappa shape index (κ2) is 6.22. The largest absolute Gasteiger partial charge is 0.459 e. The Morgan fingerprint density at radius 1 is 1.26 bits per heavy atom. The second-order valence-electron chi connectivity index (χ2n) is 4.89. The molecule has 0 spiro atoms. The average Bonchev–Trinajstić information content (AvgIpc) is 2.78. The minimum absolute atomic E-state index is 0.0895. The summed E-state index contributed by atoms with van der Waals surface area (Å²) in [4.78, 5) is 0. The van der Waals surface area contributed by atoms with Gasteiger partial charge in [0.05, 0.1) is 12.1 Å². The summed E-state index contributed by atoms with van der Waals surface area (Å²) >= 11 is 0. The van der Waals surface area contributed by atoms with Gasteiger partial charge in [-0.15, -0.1) is 0 Å². The zero-order valence-corrected chi connectivity index (χ0v) is 12.2. The summed E-state index contributed by atoms with van der Waals surface area (Å²) in [5.74, 6) is 0.948. The van der Waals surface area contributed by atoms with Crippen LogP contribution in [0.5, 0.6) is 0 Å². The van der Waals surface area contributed by atoms with Crippen molar-refractivity contribution in [2.24, 2.45) is 0 Å². The van der Waals surface area contributed by atoms with Gasteiger partial charge in [0.1, 0.15) is 11.3 Å². The van der Waals surface area contributed by atoms with Gasteiger partial charge in [0.25, 0.3) is 0 Å². The first-order valence-corrected chi connectivity index (χ1v) is 7.00. The molecular weight excluding hydrogens is 238 g/mol. The van der Waals surface area contributed by atoms with E-state index in [2.05, 4.69) is 44.3 Å². The quantitative estimate of drug-likeness (QED) is 0.858. The SMILES string of the molecule is CCNC(c1cc2cc(C)ccc2o1)C(C)OCC. The average molecular weight is 261 g/mol. The number of hydrogen-bond acceptors (Lipinski definition) is 3. The molecular formula is C16H23NO2. The van der Waals surface area contributed by atoms with Crippen molar-refractivity contribution in [1.82, 2.24) is 5.32 Å². The van der Waals surface area contributed by atoms with Gasteiger partial charge in [-0.05, 0) is 45.5 Å². The van der Waals surface area contributed by atoms with Gasteiger partial charge >= 0.3 is 0 Å². The standard InChI is InChI=1S/C16H23NO2/c1-5-17-16(12(4)18-6-2)15-10-13-9-11(3)7-8-14(13)19-15/h7-10,12,16-17H,5-6H2,1-4H3. The number of likely N-dealkylation sites (N-methyl/N-ethyl adjacent to an activating group) is 1. The normalized spacial score (nSPS) is 14.7. The van der Waals surface area contributed by atoms with Gasteiger partial charge in [0.15, 0.2) is 0 Å². The summed E-state index contributed by atoms with van der Waals surface area (Å²) in [7, 11) is 0. The van der Waals surface area contributed by atoms with E-state index < -0.39 is 0 Å². The van der Waals surface area contributed by atoms with Crippen LogP contribution < -0.4 is 5.32 Å². The van der Waals surface area contributed by atoms with Crippen molar-refractivity contribution in [3.05, 3.63) is 35.6 Å². The molecule has 19 heavy (non-hydrogen) atoms. The Morgan fingerprint density at radius 3 is 2.74 bits per heavy atom. The molecule has 0 saturated carbocycles. The Balaban J connectivity index is 2.32. The maximum atomic E-state index is 5.96. The molecule has 0 saturated heterocycles. The molecule has 0 fully saturated rings. The molecule has 3 nitrogen and oxygen atoms in total. The molecule has 104 valence electrons. The number of rotatable bonds is 6. The number of hydrogen-bond donors (Lipinski definition) is 1. The molecule has 0 aliphatic carbocycles. The molecule has 3 heteroatoms. The molecule has 0 amide bonds. The van der Waals surface area contributed by atoms with Crippen LogP contribution in [-0.4, -0.2) is 19.3 Å². The summed E-state index contributed by atoms with van der Waals surface area (Å²) in [5.41, 5.74) is 2.19. The minimum atomic E-state index is 0.0895. The number of benzene rings is 1. The highest BCUT2D eigenvalue weighted by atomic mass is 16.5. The summed E-state index contributed by atoms with van der Waals surface area (Å²) in [5, 5.41) is 4.59. The van der Waals surface area contributed by atoms with E-state index in [-0.39, 0.29) is 12.1 Å². The number of fused-ring (bicyclic) bond motifs is 1. The lowest BCUT2D eigenvalue weighted by Gasteiger charge is -2.22. The van der Waals surface area contributed by atoms with E-state index in [0.717, 1.165) is 23.3 Å². The maximum absolute atomic E-state index is 5.96. The summed E-state index contributed by atoms with van der Waals surface area (Å²) in [6.45, 7) is 9.88. The van der Waals surface area contributed by atoms with Crippen molar-refractivity contribution in [2.45, 2.75) is 39.8 Å². The van der Waals surface area contributed by atoms with Crippen LogP contribution in [0.3, 0.4) is 0 Å². The van der Waals surface area contributed by atoms with Gasteiger partial charge in [-0.3, -0.25) is 0 Å². The molecule has 0 aliphatic rings. The van der Waals surface area contributed by atoms with E-state index >= 15 is 0 Å². The highest BCUT2D eigenvalue weighted by molar-refractivity contribution is 5.78. The fourth-order valence-electron chi connectivity index (χ4n) is 2.41. The molecule has 0 bridgehead atoms. The molecule has 1 aromatic carbocycles. The third-order valence-corrected chi connectivity index (χ3v) is 3.32. The zero-order chi connectivity index (χ0) is 13.8. The molecule has 2 atom stereocenters. The van der Waals surface area contributed by atoms with E-state index in [1.807, 2.05) is 13.0 Å². The van der Waals surface area contributed by atoms with Gasteiger partial charge in [-0.25, -0.2) is 0 Å². The van der Waals surface area contributed by atoms with E-state index in [1.165, 1.54) is 5.56 Å². The molecule has 1 heterocycles. The molecule has 2 rings (SSSR count). The Bertz CT molecular complexity index is 533. The van der Waals surface area contributed by atoms with Crippen LogP contribution in [0.4, 0.5) is 0 Å². The molecule has 2 aromatic rings. The van der Waals surface area contributed by atoms with E-state index in [1.54, 1.807) is 0 Å². The lowest BCUT2D eigenvalue weighted by Crippen LogP contribution is -2.31. The van der Waals surface area contributed by atoms with Gasteiger partial charge in [0.2, 0.25) is 0 Å². The Kier molecular flexibility index (Phi) is 4.61. The maximum Gasteiger partial charge on any atom is 0.134 e. The van der Waals surface area contributed by atoms with Crippen molar-refractivity contribution in [2.75, 3.05) is 13.2 Å². The number of nitrogens with one attached hydrogen (secondary N) is 1. The molecule has 2 unspecified atom stereocenters. The van der Waals surface area contributed by atoms with Crippen LogP contribution >= 0.6 is 0 Å². The van der Waals surface area contributed by atoms with Gasteiger partial charge in [-0.1, -0.05) is 18.6 Å². The van der Waals surface area contributed by atoms with Gasteiger partial charge in [0, 0.05) is 12.0 Å². The van der Waals surface area contributed by atoms with E-state index in [9.17, 15) is 0 Å². The first kappa shape index (κ1) is 14.1. The monoisotopic (exact) mass is 261 g/mol. The third kappa shape index (κ3) is 3.17. The van der Waals surface area contributed by atoms with Gasteiger partial charge in [-0.2, -0.15) is 0 Å². The fourth-order valence-corrected chi connectivity index (χ4v) is 2.41. The molecule has 0 radical (unpaired) electrons. The predicted octanol–water partition coefficient (Wildman–Crippen LogP) is 3.82. The second-order valence-corrected chi connectivity index (χ2v) is 4.89. The first-order chi connectivity index (χ1) is 9.15. The van der Waals surface area contributed by atoms with Crippen LogP contribution in [0, 0.1) is 6.92 Å².